The molecule has 1 aromatic carbocycles. The van der Waals surface area contributed by atoms with Gasteiger partial charge < -0.3 is 15.0 Å². The van der Waals surface area contributed by atoms with E-state index < -0.39 is 0 Å². The number of ether oxygens (including phenoxy) is 1. The molecule has 1 N–H and O–H groups in total. The number of halogens is 1. The maximum Gasteiger partial charge on any atom is 0.254 e. The predicted molar refractivity (Wildman–Crippen MR) is 93.9 cm³/mol. The van der Waals surface area contributed by atoms with Gasteiger partial charge in [0.15, 0.2) is 0 Å². The second-order valence-corrected chi connectivity index (χ2v) is 6.38. The van der Waals surface area contributed by atoms with Crippen LogP contribution in [0.5, 0.6) is 0 Å². The first-order valence-electron chi connectivity index (χ1n) is 8.40. The second-order valence-electron chi connectivity index (χ2n) is 6.38. The molecule has 3 rings (SSSR count). The molecule has 2 atom stereocenters. The van der Waals surface area contributed by atoms with Gasteiger partial charge >= 0.3 is 0 Å². The minimum Gasteiger partial charge on any atom is -0.372 e. The highest BCUT2D eigenvalue weighted by molar-refractivity contribution is 5.94. The van der Waals surface area contributed by atoms with E-state index in [0.29, 0.717) is 31.0 Å². The van der Waals surface area contributed by atoms with Crippen molar-refractivity contribution in [3.63, 3.8) is 0 Å². The van der Waals surface area contributed by atoms with Crippen molar-refractivity contribution in [1.29, 1.82) is 0 Å². The van der Waals surface area contributed by atoms with E-state index in [2.05, 4.69) is 10.3 Å². The molecule has 0 saturated carbocycles. The lowest BCUT2D eigenvalue weighted by Gasteiger charge is -2.35. The molecule has 2 heterocycles. The van der Waals surface area contributed by atoms with Gasteiger partial charge in [-0.05, 0) is 43.7 Å². The minimum absolute atomic E-state index is 0.0294. The summed E-state index contributed by atoms with van der Waals surface area (Å²) in [4.78, 5) is 18.4. The molecular formula is C19H22FN3O2. The van der Waals surface area contributed by atoms with E-state index in [1.807, 2.05) is 43.0 Å². The Morgan fingerprint density at radius 3 is 2.48 bits per heavy atom. The smallest absolute Gasteiger partial charge is 0.254 e. The highest BCUT2D eigenvalue weighted by Crippen LogP contribution is 2.15. The number of nitrogens with one attached hydrogen (secondary N) is 1. The molecule has 1 saturated heterocycles. The van der Waals surface area contributed by atoms with Crippen LogP contribution in [0.4, 0.5) is 10.2 Å². The summed E-state index contributed by atoms with van der Waals surface area (Å²) in [5.74, 6) is 0.278. The third-order valence-electron chi connectivity index (χ3n) is 4.11. The molecule has 0 spiro atoms. The van der Waals surface area contributed by atoms with Crippen LogP contribution in [0.15, 0.2) is 42.6 Å². The summed E-state index contributed by atoms with van der Waals surface area (Å²) in [5, 5.41) is 3.12. The molecular weight excluding hydrogens is 321 g/mol. The lowest BCUT2D eigenvalue weighted by Crippen LogP contribution is -2.48. The molecule has 25 heavy (non-hydrogen) atoms. The monoisotopic (exact) mass is 343 g/mol. The Morgan fingerprint density at radius 2 is 1.88 bits per heavy atom. The van der Waals surface area contributed by atoms with Crippen molar-refractivity contribution in [2.75, 3.05) is 18.4 Å². The van der Waals surface area contributed by atoms with Gasteiger partial charge in [-0.3, -0.25) is 4.79 Å². The summed E-state index contributed by atoms with van der Waals surface area (Å²) in [6, 6.07) is 10.5. The molecule has 6 heteroatoms. The summed E-state index contributed by atoms with van der Waals surface area (Å²) in [5.41, 5.74) is 1.69. The first-order chi connectivity index (χ1) is 12.0. The second kappa shape index (κ2) is 7.61. The van der Waals surface area contributed by atoms with Crippen LogP contribution in [0, 0.1) is 5.82 Å². The number of aromatic nitrogens is 1. The number of carbonyl (C=O) groups excluding carboxylic acids is 1. The summed E-state index contributed by atoms with van der Waals surface area (Å²) in [7, 11) is 0. The van der Waals surface area contributed by atoms with Crippen molar-refractivity contribution in [2.24, 2.45) is 0 Å². The molecule has 0 unspecified atom stereocenters. The highest BCUT2D eigenvalue weighted by Gasteiger charge is 2.26. The van der Waals surface area contributed by atoms with Crippen LogP contribution in [-0.4, -0.2) is 41.1 Å². The van der Waals surface area contributed by atoms with Crippen molar-refractivity contribution >= 4 is 11.7 Å². The highest BCUT2D eigenvalue weighted by atomic mass is 19.1. The number of hydrogen-bond acceptors (Lipinski definition) is 4. The summed E-state index contributed by atoms with van der Waals surface area (Å²) in [6.45, 7) is 5.74. The molecule has 1 aromatic heterocycles. The quantitative estimate of drug-likeness (QED) is 0.927. The van der Waals surface area contributed by atoms with E-state index in [4.69, 9.17) is 4.74 Å². The number of carbonyl (C=O) groups is 1. The van der Waals surface area contributed by atoms with Crippen molar-refractivity contribution in [1.82, 2.24) is 9.88 Å². The van der Waals surface area contributed by atoms with Gasteiger partial charge in [0.25, 0.3) is 5.91 Å². The number of benzene rings is 1. The van der Waals surface area contributed by atoms with Gasteiger partial charge in [-0.15, -0.1) is 0 Å². The van der Waals surface area contributed by atoms with Crippen molar-refractivity contribution in [3.05, 3.63) is 59.5 Å². The average Bonchev–Trinajstić information content (AvgIpc) is 2.60. The molecule has 1 fully saturated rings. The van der Waals surface area contributed by atoms with E-state index in [9.17, 15) is 9.18 Å². The first-order valence-corrected chi connectivity index (χ1v) is 8.40. The van der Waals surface area contributed by atoms with E-state index >= 15 is 0 Å². The maximum atomic E-state index is 12.8. The number of hydrogen-bond donors (Lipinski definition) is 1. The van der Waals surface area contributed by atoms with Gasteiger partial charge in [0, 0.05) is 25.2 Å². The van der Waals surface area contributed by atoms with Crippen molar-refractivity contribution in [3.8, 4) is 0 Å². The van der Waals surface area contributed by atoms with Gasteiger partial charge in [0.05, 0.1) is 18.4 Å². The Hall–Kier alpha value is -2.47. The molecule has 0 radical (unpaired) electrons. The molecule has 5 nitrogen and oxygen atoms in total. The Bertz CT molecular complexity index is 708. The van der Waals surface area contributed by atoms with Crippen LogP contribution in [-0.2, 0) is 11.3 Å². The maximum absolute atomic E-state index is 12.8. The third-order valence-corrected chi connectivity index (χ3v) is 4.11. The lowest BCUT2D eigenvalue weighted by atomic mass is 10.1. The predicted octanol–water partition coefficient (Wildman–Crippen LogP) is 3.08. The van der Waals surface area contributed by atoms with E-state index in [1.165, 1.54) is 12.3 Å². The van der Waals surface area contributed by atoms with Crippen LogP contribution in [0.25, 0.3) is 0 Å². The summed E-state index contributed by atoms with van der Waals surface area (Å²) < 4.78 is 18.5. The normalized spacial score (nSPS) is 20.4. The first kappa shape index (κ1) is 17.4. The lowest BCUT2D eigenvalue weighted by molar-refractivity contribution is -0.0586. The van der Waals surface area contributed by atoms with Crippen LogP contribution in [0.2, 0.25) is 0 Å². The number of pyridine rings is 1. The van der Waals surface area contributed by atoms with Crippen LogP contribution >= 0.6 is 0 Å². The molecule has 2 aromatic rings. The average molecular weight is 343 g/mol. The number of amides is 1. The molecule has 0 aliphatic carbocycles. The molecule has 132 valence electrons. The van der Waals surface area contributed by atoms with Gasteiger partial charge in [-0.1, -0.05) is 12.1 Å². The van der Waals surface area contributed by atoms with Crippen molar-refractivity contribution in [2.45, 2.75) is 32.6 Å². The number of rotatable bonds is 4. The number of nitrogens with zero attached hydrogens (tertiary/aromatic N) is 2. The Labute approximate surface area is 146 Å². The van der Waals surface area contributed by atoms with E-state index in [0.717, 1.165) is 5.56 Å². The van der Waals surface area contributed by atoms with E-state index in [1.54, 1.807) is 6.07 Å². The zero-order chi connectivity index (χ0) is 17.8. The van der Waals surface area contributed by atoms with Crippen molar-refractivity contribution < 1.29 is 13.9 Å². The molecule has 1 aliphatic rings. The van der Waals surface area contributed by atoms with Gasteiger partial charge in [0.2, 0.25) is 0 Å². The zero-order valence-corrected chi connectivity index (χ0v) is 14.4. The fourth-order valence-electron chi connectivity index (χ4n) is 2.96. The van der Waals surface area contributed by atoms with Crippen LogP contribution < -0.4 is 5.32 Å². The fraction of sp³-hybridized carbons (Fsp3) is 0.368. The molecule has 0 bridgehead atoms. The number of morpholine rings is 1. The Balaban J connectivity index is 1.59. The van der Waals surface area contributed by atoms with Crippen LogP contribution in [0.1, 0.15) is 29.8 Å². The van der Waals surface area contributed by atoms with Gasteiger partial charge in [-0.2, -0.15) is 0 Å². The largest absolute Gasteiger partial charge is 0.372 e. The summed E-state index contributed by atoms with van der Waals surface area (Å²) >= 11 is 0. The number of anilines is 1. The van der Waals surface area contributed by atoms with Gasteiger partial charge in [0.1, 0.15) is 11.6 Å². The van der Waals surface area contributed by atoms with E-state index in [-0.39, 0.29) is 23.9 Å². The fourth-order valence-corrected chi connectivity index (χ4v) is 2.96. The molecule has 1 aliphatic heterocycles. The SMILES string of the molecule is C[C@@H]1CN(C(=O)c2ccc(CNc3ccc(F)cn3)cc2)C[C@H](C)O1. The Kier molecular flexibility index (Phi) is 5.28. The molecule has 1 amide bonds. The zero-order valence-electron chi connectivity index (χ0n) is 14.4. The minimum atomic E-state index is -0.361. The summed E-state index contributed by atoms with van der Waals surface area (Å²) in [6.07, 6.45) is 1.28. The van der Waals surface area contributed by atoms with Crippen LogP contribution in [0.3, 0.4) is 0 Å². The Morgan fingerprint density at radius 1 is 1.20 bits per heavy atom. The third kappa shape index (κ3) is 4.54. The standard InChI is InChI=1S/C19H22FN3O2/c1-13-11-23(12-14(2)25-13)19(24)16-5-3-15(4-6-16)9-21-18-8-7-17(20)10-22-18/h3-8,10,13-14H,9,11-12H2,1-2H3,(H,21,22)/t13-,14+. The van der Waals surface area contributed by atoms with Gasteiger partial charge in [-0.25, -0.2) is 9.37 Å². The topological polar surface area (TPSA) is 54.5 Å².